The Morgan fingerprint density at radius 3 is 2.31 bits per heavy atom. The average Bonchev–Trinajstić information content (AvgIpc) is 2.73. The van der Waals surface area contributed by atoms with E-state index in [0.717, 1.165) is 0 Å². The maximum absolute atomic E-state index is 12.9. The Bertz CT molecular complexity index is 1000. The molecular weight excluding hydrogens is 436 g/mol. The van der Waals surface area contributed by atoms with Gasteiger partial charge in [-0.05, 0) is 32.9 Å². The van der Waals surface area contributed by atoms with Crippen molar-refractivity contribution in [2.45, 2.75) is 44.7 Å². The van der Waals surface area contributed by atoms with Gasteiger partial charge in [-0.3, -0.25) is 34.9 Å². The minimum atomic E-state index is -0.863. The third-order valence-electron chi connectivity index (χ3n) is 4.51. The second-order valence-corrected chi connectivity index (χ2v) is 9.30. The second-order valence-electron chi connectivity index (χ2n) is 8.19. The lowest BCUT2D eigenvalue weighted by Gasteiger charge is -2.49. The molecule has 0 aliphatic carbocycles. The van der Waals surface area contributed by atoms with Gasteiger partial charge in [-0.25, -0.2) is 4.79 Å². The van der Waals surface area contributed by atoms with Gasteiger partial charge in [-0.2, -0.15) is 0 Å². The summed E-state index contributed by atoms with van der Waals surface area (Å²) in [5, 5.41) is 2.12. The fraction of sp³-hybridized carbons (Fsp3) is 0.381. The smallest absolute Gasteiger partial charge is 0.356 e. The van der Waals surface area contributed by atoms with Crippen LogP contribution in [-0.4, -0.2) is 57.3 Å². The number of rotatable bonds is 4. The van der Waals surface area contributed by atoms with Crippen LogP contribution < -0.4 is 16.2 Å². The molecule has 0 saturated carbocycles. The van der Waals surface area contributed by atoms with E-state index >= 15 is 0 Å². The Hall–Kier alpha value is -3.34. The molecule has 2 aliphatic rings. The fourth-order valence-corrected chi connectivity index (χ4v) is 4.48. The molecule has 32 heavy (non-hydrogen) atoms. The molecule has 2 heterocycles. The number of thioether (sulfide) groups is 1. The zero-order valence-electron chi connectivity index (χ0n) is 18.1. The Balaban J connectivity index is 1.86. The molecule has 0 bridgehead atoms. The van der Waals surface area contributed by atoms with Crippen molar-refractivity contribution in [3.8, 4) is 0 Å². The topological polar surface area (TPSA) is 134 Å². The number of ether oxygens (including phenoxy) is 1. The van der Waals surface area contributed by atoms with Crippen LogP contribution in [-0.2, 0) is 23.9 Å². The van der Waals surface area contributed by atoms with E-state index in [1.54, 1.807) is 51.1 Å². The van der Waals surface area contributed by atoms with Gasteiger partial charge >= 0.3 is 5.97 Å². The van der Waals surface area contributed by atoms with E-state index in [4.69, 9.17) is 4.74 Å². The molecule has 0 radical (unpaired) electrons. The molecule has 1 aromatic rings. The predicted octanol–water partition coefficient (Wildman–Crippen LogP) is 0.463. The monoisotopic (exact) mass is 460 g/mol. The summed E-state index contributed by atoms with van der Waals surface area (Å²) >= 11 is 1.22. The Morgan fingerprint density at radius 1 is 1.06 bits per heavy atom. The van der Waals surface area contributed by atoms with Crippen molar-refractivity contribution in [1.82, 2.24) is 21.1 Å². The van der Waals surface area contributed by atoms with Gasteiger partial charge in [0.1, 0.15) is 22.7 Å². The van der Waals surface area contributed by atoms with Gasteiger partial charge in [0.2, 0.25) is 5.91 Å². The number of benzene rings is 1. The first kappa shape index (κ1) is 23.3. The van der Waals surface area contributed by atoms with Crippen LogP contribution in [0.2, 0.25) is 0 Å². The van der Waals surface area contributed by atoms with E-state index in [2.05, 4.69) is 16.2 Å². The first-order chi connectivity index (χ1) is 15.0. The van der Waals surface area contributed by atoms with Crippen molar-refractivity contribution in [2.75, 3.05) is 5.75 Å². The first-order valence-electron chi connectivity index (χ1n) is 9.83. The van der Waals surface area contributed by atoms with E-state index in [9.17, 15) is 24.0 Å². The number of carbonyl (C=O) groups is 5. The van der Waals surface area contributed by atoms with Crippen molar-refractivity contribution in [3.05, 3.63) is 47.2 Å². The molecule has 4 amide bonds. The number of nitrogens with zero attached hydrogens (tertiary/aromatic N) is 1. The lowest BCUT2D eigenvalue weighted by atomic mass is 10.0. The summed E-state index contributed by atoms with van der Waals surface area (Å²) in [6.45, 7) is 6.21. The van der Waals surface area contributed by atoms with Crippen molar-refractivity contribution in [3.63, 3.8) is 0 Å². The van der Waals surface area contributed by atoms with Gasteiger partial charge in [-0.15, -0.1) is 11.8 Å². The summed E-state index contributed by atoms with van der Waals surface area (Å²) < 4.78 is 5.42. The highest BCUT2D eigenvalue weighted by atomic mass is 32.2. The van der Waals surface area contributed by atoms with Gasteiger partial charge in [0.25, 0.3) is 17.7 Å². The normalized spacial score (nSPS) is 20.0. The summed E-state index contributed by atoms with van der Waals surface area (Å²) in [5.41, 5.74) is 3.72. The van der Waals surface area contributed by atoms with E-state index in [1.807, 2.05) is 0 Å². The summed E-state index contributed by atoms with van der Waals surface area (Å²) in [5.74, 6) is -2.93. The zero-order valence-corrected chi connectivity index (χ0v) is 18.9. The van der Waals surface area contributed by atoms with Crippen LogP contribution in [0.4, 0.5) is 0 Å². The van der Waals surface area contributed by atoms with Crippen molar-refractivity contribution < 1.29 is 28.7 Å². The molecule has 170 valence electrons. The van der Waals surface area contributed by atoms with Crippen molar-refractivity contribution >= 4 is 41.4 Å². The van der Waals surface area contributed by atoms with Crippen LogP contribution in [0.5, 0.6) is 0 Å². The molecule has 0 aromatic heterocycles. The Kier molecular flexibility index (Phi) is 6.58. The van der Waals surface area contributed by atoms with Gasteiger partial charge < -0.3 is 10.1 Å². The third kappa shape index (κ3) is 4.93. The minimum Gasteiger partial charge on any atom is -0.455 e. The molecule has 10 nitrogen and oxygen atoms in total. The maximum atomic E-state index is 12.9. The lowest BCUT2D eigenvalue weighted by Crippen LogP contribution is -2.71. The highest BCUT2D eigenvalue weighted by molar-refractivity contribution is 8.00. The van der Waals surface area contributed by atoms with Crippen LogP contribution in [0.25, 0.3) is 0 Å². The highest BCUT2D eigenvalue weighted by Gasteiger charge is 2.55. The second kappa shape index (κ2) is 9.03. The molecule has 1 saturated heterocycles. The van der Waals surface area contributed by atoms with Crippen LogP contribution in [0.15, 0.2) is 41.6 Å². The van der Waals surface area contributed by atoms with Crippen LogP contribution in [0.3, 0.4) is 0 Å². The number of nitrogens with one attached hydrogen (secondary N) is 3. The Morgan fingerprint density at radius 2 is 1.72 bits per heavy atom. The molecule has 0 spiro atoms. The number of esters is 1. The summed E-state index contributed by atoms with van der Waals surface area (Å²) in [6, 6.07) is 7.59. The molecular formula is C21H24N4O6S. The molecule has 2 atom stereocenters. The summed E-state index contributed by atoms with van der Waals surface area (Å²) in [6.07, 6.45) is 0. The minimum absolute atomic E-state index is 0.00423. The third-order valence-corrected chi connectivity index (χ3v) is 5.79. The number of hydrazine groups is 1. The number of amides is 4. The van der Waals surface area contributed by atoms with E-state index in [-0.39, 0.29) is 17.0 Å². The predicted molar refractivity (Wildman–Crippen MR) is 116 cm³/mol. The number of β-lactam (4-membered cyclic amide) rings is 1. The quantitative estimate of drug-likeness (QED) is 0.338. The van der Waals surface area contributed by atoms with Crippen molar-refractivity contribution in [1.29, 1.82) is 0 Å². The summed E-state index contributed by atoms with van der Waals surface area (Å²) in [4.78, 5) is 63.2. The molecule has 1 aromatic carbocycles. The lowest BCUT2D eigenvalue weighted by molar-refractivity contribution is -0.158. The standard InChI is InChI=1S/C21H24N4O6S/c1-11(26)23-24-17(28)13-10-32-19-14(22-16(27)12-8-6-5-7-9-12)18(29)25(19)15(13)20(30)31-21(2,3)4/h5-9,14,19H,10H2,1-4H3,(H,22,27)(H,23,26)(H,24,28)/t14?,19-/m1/s1. The Labute approximate surface area is 189 Å². The maximum Gasteiger partial charge on any atom is 0.356 e. The molecule has 2 aliphatic heterocycles. The zero-order chi connectivity index (χ0) is 23.6. The SMILES string of the molecule is CC(=O)NNC(=O)C1=C(C(=O)OC(C)(C)C)N2C(=O)C(NC(=O)c3ccccc3)[C@H]2SC1. The van der Waals surface area contributed by atoms with E-state index < -0.39 is 46.6 Å². The van der Waals surface area contributed by atoms with Gasteiger partial charge in [0.15, 0.2) is 0 Å². The molecule has 3 N–H and O–H groups in total. The number of hydrogen-bond donors (Lipinski definition) is 3. The highest BCUT2D eigenvalue weighted by Crippen LogP contribution is 2.41. The first-order valence-corrected chi connectivity index (χ1v) is 10.9. The number of hydrogen-bond acceptors (Lipinski definition) is 7. The van der Waals surface area contributed by atoms with Crippen LogP contribution in [0, 0.1) is 0 Å². The molecule has 1 unspecified atom stereocenters. The van der Waals surface area contributed by atoms with Crippen LogP contribution in [0.1, 0.15) is 38.1 Å². The molecule has 1 fully saturated rings. The van der Waals surface area contributed by atoms with E-state index in [1.165, 1.54) is 23.6 Å². The average molecular weight is 461 g/mol. The van der Waals surface area contributed by atoms with E-state index in [0.29, 0.717) is 5.56 Å². The van der Waals surface area contributed by atoms with Gasteiger partial charge in [-0.1, -0.05) is 18.2 Å². The van der Waals surface area contributed by atoms with Gasteiger partial charge in [0.05, 0.1) is 5.57 Å². The van der Waals surface area contributed by atoms with Gasteiger partial charge in [0, 0.05) is 18.2 Å². The summed E-state index contributed by atoms with van der Waals surface area (Å²) in [7, 11) is 0. The fourth-order valence-electron chi connectivity index (χ4n) is 3.14. The number of carbonyl (C=O) groups excluding carboxylic acids is 5. The van der Waals surface area contributed by atoms with Crippen LogP contribution >= 0.6 is 11.8 Å². The van der Waals surface area contributed by atoms with Crippen molar-refractivity contribution in [2.24, 2.45) is 0 Å². The molecule has 11 heteroatoms. The molecule has 3 rings (SSSR count). The number of fused-ring (bicyclic) bond motifs is 1. The largest absolute Gasteiger partial charge is 0.455 e.